The molecule has 6 nitrogen and oxygen atoms in total. The van der Waals surface area contributed by atoms with Crippen molar-refractivity contribution in [3.05, 3.63) is 5.82 Å². The normalized spacial score (nSPS) is 31.1. The Morgan fingerprint density at radius 3 is 3.12 bits per heavy atom. The Labute approximate surface area is 96.5 Å². The number of aromatic amines is 1. The lowest BCUT2D eigenvalue weighted by Gasteiger charge is -2.34. The molecule has 3 fully saturated rings. The summed E-state index contributed by atoms with van der Waals surface area (Å²) in [5.41, 5.74) is -0.160. The fourth-order valence-corrected chi connectivity index (χ4v) is 4.01. The van der Waals surface area contributed by atoms with Crippen LogP contribution in [0.4, 0.5) is 0 Å². The molecule has 2 aliphatic heterocycles. The standard InChI is InChI=1S/C9H12N4O2S/c14-8(9-3-6(4-9)16-5-9)15-2-1-7-10-12-13-11-7/h6H,1-5H2,(H,10,11,12,13). The van der Waals surface area contributed by atoms with Crippen molar-refractivity contribution in [2.45, 2.75) is 24.5 Å². The van der Waals surface area contributed by atoms with Crippen molar-refractivity contribution in [2.24, 2.45) is 5.41 Å². The van der Waals surface area contributed by atoms with E-state index in [0.29, 0.717) is 24.1 Å². The van der Waals surface area contributed by atoms with Crippen molar-refractivity contribution in [1.29, 1.82) is 0 Å². The van der Waals surface area contributed by atoms with Crippen LogP contribution in [0.5, 0.6) is 0 Å². The first kappa shape index (κ1) is 10.1. The number of carbonyl (C=O) groups excluding carboxylic acids is 1. The average Bonchev–Trinajstić information content (AvgIpc) is 2.92. The molecule has 2 bridgehead atoms. The predicted molar refractivity (Wildman–Crippen MR) is 56.8 cm³/mol. The molecule has 0 amide bonds. The number of H-pyrrole nitrogens is 1. The maximum absolute atomic E-state index is 11.8. The third-order valence-electron chi connectivity index (χ3n) is 3.21. The molecule has 86 valence electrons. The molecule has 0 atom stereocenters. The van der Waals surface area contributed by atoms with Crippen molar-refractivity contribution < 1.29 is 9.53 Å². The molecule has 0 aromatic carbocycles. The van der Waals surface area contributed by atoms with E-state index in [4.69, 9.17) is 4.74 Å². The van der Waals surface area contributed by atoms with E-state index in [1.54, 1.807) is 0 Å². The van der Waals surface area contributed by atoms with Crippen LogP contribution in [0.3, 0.4) is 0 Å². The van der Waals surface area contributed by atoms with E-state index in [-0.39, 0.29) is 11.4 Å². The highest BCUT2D eigenvalue weighted by Gasteiger charge is 2.57. The SMILES string of the molecule is O=C(OCCc1nn[nH]n1)C12CSC(C1)C2. The Kier molecular flexibility index (Phi) is 2.34. The van der Waals surface area contributed by atoms with E-state index in [9.17, 15) is 4.79 Å². The molecule has 1 aliphatic carbocycles. The number of hydrogen-bond acceptors (Lipinski definition) is 6. The molecule has 1 aromatic heterocycles. The van der Waals surface area contributed by atoms with Crippen LogP contribution in [0.15, 0.2) is 0 Å². The molecular weight excluding hydrogens is 228 g/mol. The molecule has 0 unspecified atom stereocenters. The summed E-state index contributed by atoms with van der Waals surface area (Å²) in [5.74, 6) is 1.47. The van der Waals surface area contributed by atoms with Gasteiger partial charge >= 0.3 is 5.97 Å². The summed E-state index contributed by atoms with van der Waals surface area (Å²) < 4.78 is 5.27. The number of nitrogens with zero attached hydrogens (tertiary/aromatic N) is 3. The molecule has 4 rings (SSSR count). The van der Waals surface area contributed by atoms with E-state index in [2.05, 4.69) is 20.6 Å². The highest BCUT2D eigenvalue weighted by molar-refractivity contribution is 8.00. The van der Waals surface area contributed by atoms with Crippen LogP contribution in [0.1, 0.15) is 18.7 Å². The fraction of sp³-hybridized carbons (Fsp3) is 0.778. The molecule has 3 heterocycles. The summed E-state index contributed by atoms with van der Waals surface area (Å²) in [4.78, 5) is 11.8. The van der Waals surface area contributed by atoms with Gasteiger partial charge in [0.2, 0.25) is 0 Å². The maximum atomic E-state index is 11.8. The Bertz CT molecular complexity index is 383. The summed E-state index contributed by atoms with van der Waals surface area (Å²) in [5, 5.41) is 14.1. The van der Waals surface area contributed by atoms with Gasteiger partial charge in [-0.1, -0.05) is 5.21 Å². The molecule has 3 aliphatic rings. The summed E-state index contributed by atoms with van der Waals surface area (Å²) in [6.07, 6.45) is 2.52. The maximum Gasteiger partial charge on any atom is 0.313 e. The van der Waals surface area contributed by atoms with E-state index in [0.717, 1.165) is 18.6 Å². The minimum atomic E-state index is -0.160. The molecular formula is C9H12N4O2S. The van der Waals surface area contributed by atoms with Crippen molar-refractivity contribution in [3.8, 4) is 0 Å². The molecule has 2 saturated heterocycles. The van der Waals surface area contributed by atoms with E-state index in [1.807, 2.05) is 11.8 Å². The minimum Gasteiger partial charge on any atom is -0.465 e. The topological polar surface area (TPSA) is 80.8 Å². The molecule has 1 aromatic rings. The molecule has 0 radical (unpaired) electrons. The minimum absolute atomic E-state index is 0.0442. The van der Waals surface area contributed by atoms with Crippen molar-refractivity contribution in [3.63, 3.8) is 0 Å². The number of tetrazole rings is 1. The summed E-state index contributed by atoms with van der Waals surface area (Å²) in [6, 6.07) is 0. The van der Waals surface area contributed by atoms with Crippen LogP contribution >= 0.6 is 11.8 Å². The Morgan fingerprint density at radius 2 is 2.50 bits per heavy atom. The van der Waals surface area contributed by atoms with Crippen LogP contribution in [0, 0.1) is 5.41 Å². The number of aromatic nitrogens is 4. The third-order valence-corrected chi connectivity index (χ3v) is 4.74. The zero-order valence-corrected chi connectivity index (χ0v) is 9.50. The third kappa shape index (κ3) is 1.59. The van der Waals surface area contributed by atoms with Gasteiger partial charge in [0.05, 0.1) is 12.0 Å². The first-order chi connectivity index (χ1) is 7.78. The highest BCUT2D eigenvalue weighted by atomic mass is 32.2. The zero-order chi connectivity index (χ0) is 11.0. The van der Waals surface area contributed by atoms with E-state index < -0.39 is 0 Å². The lowest BCUT2D eigenvalue weighted by atomic mass is 9.70. The molecule has 1 N–H and O–H groups in total. The second-order valence-electron chi connectivity index (χ2n) is 4.34. The van der Waals surface area contributed by atoms with Gasteiger partial charge in [-0.3, -0.25) is 4.79 Å². The van der Waals surface area contributed by atoms with Crippen molar-refractivity contribution >= 4 is 17.7 Å². The Morgan fingerprint density at radius 1 is 1.62 bits per heavy atom. The number of nitrogens with one attached hydrogen (secondary N) is 1. The summed E-state index contributed by atoms with van der Waals surface area (Å²) in [6.45, 7) is 0.343. The van der Waals surface area contributed by atoms with Gasteiger partial charge in [0.25, 0.3) is 0 Å². The van der Waals surface area contributed by atoms with Crippen LogP contribution in [0.25, 0.3) is 0 Å². The smallest absolute Gasteiger partial charge is 0.313 e. The van der Waals surface area contributed by atoms with Gasteiger partial charge in [-0.15, -0.1) is 10.2 Å². The molecule has 16 heavy (non-hydrogen) atoms. The first-order valence-electron chi connectivity index (χ1n) is 5.30. The first-order valence-corrected chi connectivity index (χ1v) is 6.35. The number of fused-ring (bicyclic) bond motifs is 1. The van der Waals surface area contributed by atoms with Crippen LogP contribution in [-0.2, 0) is 16.0 Å². The van der Waals surface area contributed by atoms with Gasteiger partial charge in [-0.25, -0.2) is 0 Å². The number of ether oxygens (including phenoxy) is 1. The summed E-state index contributed by atoms with van der Waals surface area (Å²) >= 11 is 1.89. The number of carbonyl (C=O) groups is 1. The second kappa shape index (κ2) is 3.73. The second-order valence-corrected chi connectivity index (χ2v) is 5.62. The van der Waals surface area contributed by atoms with Gasteiger partial charge in [0.1, 0.15) is 0 Å². The van der Waals surface area contributed by atoms with Gasteiger partial charge in [0, 0.05) is 17.4 Å². The Hall–Kier alpha value is -1.11. The van der Waals surface area contributed by atoms with Crippen LogP contribution in [-0.4, -0.2) is 44.2 Å². The van der Waals surface area contributed by atoms with Gasteiger partial charge < -0.3 is 4.74 Å². The zero-order valence-electron chi connectivity index (χ0n) is 8.68. The largest absolute Gasteiger partial charge is 0.465 e. The van der Waals surface area contributed by atoms with Gasteiger partial charge in [0.15, 0.2) is 5.82 Å². The predicted octanol–water partition coefficient (Wildman–Crippen LogP) is 0.181. The highest BCUT2D eigenvalue weighted by Crippen LogP contribution is 2.57. The van der Waals surface area contributed by atoms with Gasteiger partial charge in [-0.2, -0.15) is 17.0 Å². The number of thioether (sulfide) groups is 1. The number of hydrogen-bond donors (Lipinski definition) is 1. The van der Waals surface area contributed by atoms with E-state index in [1.165, 1.54) is 0 Å². The average molecular weight is 240 g/mol. The van der Waals surface area contributed by atoms with Crippen molar-refractivity contribution in [1.82, 2.24) is 20.6 Å². The van der Waals surface area contributed by atoms with Crippen LogP contribution in [0.2, 0.25) is 0 Å². The number of esters is 1. The number of rotatable bonds is 4. The van der Waals surface area contributed by atoms with E-state index >= 15 is 0 Å². The van der Waals surface area contributed by atoms with Gasteiger partial charge in [-0.05, 0) is 12.8 Å². The summed E-state index contributed by atoms with van der Waals surface area (Å²) in [7, 11) is 0. The molecule has 0 spiro atoms. The quantitative estimate of drug-likeness (QED) is 0.756. The van der Waals surface area contributed by atoms with Crippen LogP contribution < -0.4 is 0 Å². The molecule has 1 saturated carbocycles. The lowest BCUT2D eigenvalue weighted by molar-refractivity contribution is -0.158. The lowest BCUT2D eigenvalue weighted by Crippen LogP contribution is -2.41. The van der Waals surface area contributed by atoms with Crippen molar-refractivity contribution in [2.75, 3.05) is 12.4 Å². The molecule has 7 heteroatoms. The Balaban J connectivity index is 1.47. The fourth-order valence-electron chi connectivity index (χ4n) is 2.23. The monoisotopic (exact) mass is 240 g/mol.